The Bertz CT molecular complexity index is 466. The van der Waals surface area contributed by atoms with Crippen molar-refractivity contribution in [3.05, 3.63) is 5.69 Å². The van der Waals surface area contributed by atoms with E-state index in [4.69, 9.17) is 4.98 Å². The number of anilines is 3. The predicted octanol–water partition coefficient (Wildman–Crippen LogP) is 4.10. The zero-order valence-electron chi connectivity index (χ0n) is 14.5. The zero-order valence-corrected chi connectivity index (χ0v) is 14.5. The second-order valence-electron chi connectivity index (χ2n) is 6.11. The van der Waals surface area contributed by atoms with Gasteiger partial charge in [0, 0.05) is 6.54 Å². The van der Waals surface area contributed by atoms with Crippen molar-refractivity contribution in [2.45, 2.75) is 59.8 Å². The highest BCUT2D eigenvalue weighted by molar-refractivity contribution is 5.72. The molecule has 0 aromatic carbocycles. The molecule has 1 aromatic heterocycles. The molecular formula is C17H31N5. The van der Waals surface area contributed by atoms with Crippen molar-refractivity contribution in [3.63, 3.8) is 0 Å². The number of fused-ring (bicyclic) bond motifs is 1. The Kier molecular flexibility index (Phi) is 6.28. The Morgan fingerprint density at radius 2 is 1.82 bits per heavy atom. The summed E-state index contributed by atoms with van der Waals surface area (Å²) < 4.78 is 0. The van der Waals surface area contributed by atoms with Gasteiger partial charge in [-0.15, -0.1) is 0 Å². The van der Waals surface area contributed by atoms with Crippen LogP contribution < -0.4 is 16.0 Å². The van der Waals surface area contributed by atoms with Gasteiger partial charge in [-0.3, -0.25) is 0 Å². The highest BCUT2D eigenvalue weighted by atomic mass is 15.2. The van der Waals surface area contributed by atoms with E-state index in [-0.39, 0.29) is 0 Å². The molecule has 2 aliphatic rings. The molecule has 0 radical (unpaired) electrons. The largest absolute Gasteiger partial charge is 0.363 e. The first-order chi connectivity index (χ1) is 10.8. The maximum absolute atomic E-state index is 4.72. The molecule has 0 spiro atoms. The van der Waals surface area contributed by atoms with Gasteiger partial charge in [0.1, 0.15) is 5.69 Å². The number of hydrogen-bond acceptors (Lipinski definition) is 5. The molecule has 0 saturated heterocycles. The van der Waals surface area contributed by atoms with Crippen molar-refractivity contribution >= 4 is 17.5 Å². The molecule has 0 atom stereocenters. The molecule has 1 aliphatic carbocycles. The molecule has 5 nitrogen and oxygen atoms in total. The zero-order chi connectivity index (χ0) is 15.9. The second-order valence-corrected chi connectivity index (χ2v) is 6.11. The van der Waals surface area contributed by atoms with Crippen LogP contribution in [0.15, 0.2) is 0 Å². The fourth-order valence-electron chi connectivity index (χ4n) is 3.23. The summed E-state index contributed by atoms with van der Waals surface area (Å²) in [6.07, 6.45) is 6.48. The molecule has 0 amide bonds. The third-order valence-corrected chi connectivity index (χ3v) is 4.46. The van der Waals surface area contributed by atoms with Gasteiger partial charge in [-0.1, -0.05) is 33.6 Å². The van der Waals surface area contributed by atoms with Gasteiger partial charge in [0.15, 0.2) is 5.82 Å². The highest BCUT2D eigenvalue weighted by Gasteiger charge is 2.24. The Morgan fingerprint density at radius 1 is 1.09 bits per heavy atom. The molecule has 1 aromatic rings. The lowest BCUT2D eigenvalue weighted by atomic mass is 9.81. The van der Waals surface area contributed by atoms with Crippen LogP contribution in [-0.2, 0) is 6.42 Å². The van der Waals surface area contributed by atoms with Gasteiger partial charge in [-0.25, -0.2) is 4.98 Å². The minimum absolute atomic E-state index is 0.752. The van der Waals surface area contributed by atoms with E-state index >= 15 is 0 Å². The third kappa shape index (κ3) is 4.02. The minimum atomic E-state index is 0.752. The fraction of sp³-hybridized carbons (Fsp3) is 0.765. The van der Waals surface area contributed by atoms with E-state index in [0.29, 0.717) is 0 Å². The molecule has 5 heteroatoms. The Morgan fingerprint density at radius 3 is 2.50 bits per heavy atom. The topological polar surface area (TPSA) is 61.9 Å². The first-order valence-corrected chi connectivity index (χ1v) is 8.88. The van der Waals surface area contributed by atoms with Gasteiger partial charge in [0.25, 0.3) is 0 Å². The van der Waals surface area contributed by atoms with E-state index in [0.717, 1.165) is 48.9 Å². The van der Waals surface area contributed by atoms with Crippen molar-refractivity contribution in [2.24, 2.45) is 11.8 Å². The van der Waals surface area contributed by atoms with Crippen molar-refractivity contribution in [1.29, 1.82) is 0 Å². The average molecular weight is 305 g/mol. The van der Waals surface area contributed by atoms with E-state index in [1.165, 1.54) is 31.4 Å². The summed E-state index contributed by atoms with van der Waals surface area (Å²) in [5.41, 5.74) is 2.29. The van der Waals surface area contributed by atoms with E-state index in [9.17, 15) is 0 Å². The smallest absolute Gasteiger partial charge is 0.225 e. The number of rotatable bonds is 4. The Labute approximate surface area is 134 Å². The highest BCUT2D eigenvalue weighted by Crippen LogP contribution is 2.35. The van der Waals surface area contributed by atoms with Gasteiger partial charge in [0.05, 0.1) is 12.4 Å². The van der Waals surface area contributed by atoms with Gasteiger partial charge < -0.3 is 16.0 Å². The average Bonchev–Trinajstić information content (AvgIpc) is 3.01. The molecule has 3 rings (SSSR count). The van der Waals surface area contributed by atoms with Crippen LogP contribution in [0.4, 0.5) is 17.5 Å². The van der Waals surface area contributed by atoms with Crippen LogP contribution in [0.2, 0.25) is 0 Å². The van der Waals surface area contributed by atoms with Crippen molar-refractivity contribution < 1.29 is 0 Å². The van der Waals surface area contributed by atoms with Gasteiger partial charge in [-0.05, 0) is 38.0 Å². The molecule has 1 aliphatic heterocycles. The van der Waals surface area contributed by atoms with Crippen LogP contribution in [-0.4, -0.2) is 23.2 Å². The second kappa shape index (κ2) is 8.20. The van der Waals surface area contributed by atoms with E-state index in [2.05, 4.69) is 34.8 Å². The van der Waals surface area contributed by atoms with Crippen LogP contribution in [0.3, 0.4) is 0 Å². The molecule has 2 heterocycles. The fourth-order valence-corrected chi connectivity index (χ4v) is 3.23. The lowest BCUT2D eigenvalue weighted by Gasteiger charge is -2.26. The molecule has 1 fully saturated rings. The maximum Gasteiger partial charge on any atom is 0.225 e. The standard InChI is InChI=1S/C15H25N5.C2H6/c1-3-16-15-19-12(13-14(20-15)18-9-17-13)8-11-6-4-10(2)5-7-11;1-2/h10-11,17H,3-9H2,1-2H3,(H2,16,18,19,20);1-2H3. The van der Waals surface area contributed by atoms with Crippen LogP contribution in [0.5, 0.6) is 0 Å². The quantitative estimate of drug-likeness (QED) is 0.782. The molecule has 124 valence electrons. The Hall–Kier alpha value is -1.52. The van der Waals surface area contributed by atoms with Gasteiger partial charge >= 0.3 is 0 Å². The lowest BCUT2D eigenvalue weighted by molar-refractivity contribution is 0.288. The lowest BCUT2D eigenvalue weighted by Crippen LogP contribution is -2.16. The number of nitrogens with zero attached hydrogens (tertiary/aromatic N) is 2. The van der Waals surface area contributed by atoms with E-state index in [1.54, 1.807) is 0 Å². The molecule has 1 saturated carbocycles. The molecule has 0 bridgehead atoms. The van der Waals surface area contributed by atoms with Crippen LogP contribution in [0.1, 0.15) is 59.1 Å². The molecule has 22 heavy (non-hydrogen) atoms. The minimum Gasteiger partial charge on any atom is -0.363 e. The first kappa shape index (κ1) is 16.8. The van der Waals surface area contributed by atoms with Crippen molar-refractivity contribution in [2.75, 3.05) is 29.2 Å². The third-order valence-electron chi connectivity index (χ3n) is 4.46. The number of hydrogen-bond donors (Lipinski definition) is 3. The summed E-state index contributed by atoms with van der Waals surface area (Å²) in [6, 6.07) is 0. The summed E-state index contributed by atoms with van der Waals surface area (Å²) in [4.78, 5) is 9.24. The van der Waals surface area contributed by atoms with Crippen LogP contribution >= 0.6 is 0 Å². The normalized spacial score (nSPS) is 22.7. The monoisotopic (exact) mass is 305 g/mol. The van der Waals surface area contributed by atoms with Crippen molar-refractivity contribution in [3.8, 4) is 0 Å². The van der Waals surface area contributed by atoms with E-state index in [1.807, 2.05) is 13.8 Å². The summed E-state index contributed by atoms with van der Waals surface area (Å²) in [6.45, 7) is 10.1. The first-order valence-electron chi connectivity index (χ1n) is 8.88. The summed E-state index contributed by atoms with van der Waals surface area (Å²) >= 11 is 0. The van der Waals surface area contributed by atoms with Crippen molar-refractivity contribution in [1.82, 2.24) is 9.97 Å². The molecular weight excluding hydrogens is 274 g/mol. The molecule has 0 unspecified atom stereocenters. The summed E-state index contributed by atoms with van der Waals surface area (Å²) in [5.74, 6) is 3.39. The predicted molar refractivity (Wildman–Crippen MR) is 94.5 cm³/mol. The number of nitrogens with one attached hydrogen (secondary N) is 3. The number of aromatic nitrogens is 2. The molecule has 3 N–H and O–H groups in total. The van der Waals surface area contributed by atoms with Gasteiger partial charge in [0.2, 0.25) is 5.95 Å². The summed E-state index contributed by atoms with van der Waals surface area (Å²) in [5, 5.41) is 9.89. The SMILES string of the molecule is CC.CCNc1nc(CC2CCC(C)CC2)c2c(n1)NCN2. The van der Waals surface area contributed by atoms with E-state index < -0.39 is 0 Å². The Balaban J connectivity index is 0.000000847. The van der Waals surface area contributed by atoms with Crippen LogP contribution in [0.25, 0.3) is 0 Å². The maximum atomic E-state index is 4.72. The van der Waals surface area contributed by atoms with Crippen LogP contribution in [0, 0.1) is 11.8 Å². The van der Waals surface area contributed by atoms with Gasteiger partial charge in [-0.2, -0.15) is 4.98 Å². The summed E-state index contributed by atoms with van der Waals surface area (Å²) in [7, 11) is 0.